The van der Waals surface area contributed by atoms with Crippen LogP contribution in [-0.4, -0.2) is 23.1 Å². The topological polar surface area (TPSA) is 29.0 Å². The van der Waals surface area contributed by atoms with Gasteiger partial charge >= 0.3 is 0 Å². The lowest BCUT2D eigenvalue weighted by atomic mass is 9.87. The second-order valence-corrected chi connectivity index (χ2v) is 7.71. The van der Waals surface area contributed by atoms with Crippen molar-refractivity contribution in [1.82, 2.24) is 9.97 Å². The third-order valence-corrected chi connectivity index (χ3v) is 5.26. The Hall–Kier alpha value is -0.870. The maximum Gasteiger partial charge on any atom is 0.225 e. The Morgan fingerprint density at radius 2 is 2.00 bits per heavy atom. The molecule has 2 aromatic heterocycles. The Labute approximate surface area is 130 Å². The molecule has 2 heterocycles. The third-order valence-electron chi connectivity index (χ3n) is 3.91. The largest absolute Gasteiger partial charge is 0.356 e. The first kappa shape index (κ1) is 15.5. The van der Waals surface area contributed by atoms with Crippen molar-refractivity contribution in [2.24, 2.45) is 5.41 Å². The molecule has 0 fully saturated rings. The summed E-state index contributed by atoms with van der Waals surface area (Å²) in [7, 11) is 2.08. The minimum Gasteiger partial charge on any atom is -0.356 e. The molecule has 2 aromatic rings. The summed E-state index contributed by atoms with van der Waals surface area (Å²) < 4.78 is 0. The lowest BCUT2D eigenvalue weighted by Crippen LogP contribution is -2.39. The van der Waals surface area contributed by atoms with Gasteiger partial charge in [0.2, 0.25) is 5.28 Å². The molecule has 0 aliphatic rings. The van der Waals surface area contributed by atoms with Crippen molar-refractivity contribution in [2.45, 2.75) is 47.1 Å². The highest BCUT2D eigenvalue weighted by Crippen LogP contribution is 2.35. The molecule has 0 aromatic carbocycles. The smallest absolute Gasteiger partial charge is 0.225 e. The summed E-state index contributed by atoms with van der Waals surface area (Å²) >= 11 is 7.80. The molecule has 0 saturated heterocycles. The summed E-state index contributed by atoms with van der Waals surface area (Å²) in [5.41, 5.74) is 0.169. The number of thiophene rings is 1. The second-order valence-electron chi connectivity index (χ2n) is 6.25. The minimum absolute atomic E-state index is 0.169. The van der Waals surface area contributed by atoms with Crippen LogP contribution in [0.3, 0.4) is 0 Å². The summed E-state index contributed by atoms with van der Waals surface area (Å²) in [6.45, 7) is 11.1. The van der Waals surface area contributed by atoms with Gasteiger partial charge in [-0.3, -0.25) is 0 Å². The molecule has 1 atom stereocenters. The Kier molecular flexibility index (Phi) is 4.26. The molecule has 0 spiro atoms. The molecule has 0 amide bonds. The zero-order valence-corrected chi connectivity index (χ0v) is 14.6. The monoisotopic (exact) mass is 311 g/mol. The number of hydrogen-bond donors (Lipinski definition) is 0. The van der Waals surface area contributed by atoms with Crippen LogP contribution in [0.1, 0.15) is 39.5 Å². The lowest BCUT2D eigenvalue weighted by Gasteiger charge is -2.36. The van der Waals surface area contributed by atoms with Crippen molar-refractivity contribution in [3.63, 3.8) is 0 Å². The maximum atomic E-state index is 6.10. The molecule has 5 heteroatoms. The van der Waals surface area contributed by atoms with E-state index < -0.39 is 0 Å². The summed E-state index contributed by atoms with van der Waals surface area (Å²) in [6.07, 6.45) is 1.01. The van der Waals surface area contributed by atoms with Gasteiger partial charge in [-0.15, -0.1) is 11.3 Å². The maximum absolute atomic E-state index is 6.10. The first-order valence-electron chi connectivity index (χ1n) is 6.92. The molecule has 0 aliphatic carbocycles. The van der Waals surface area contributed by atoms with Gasteiger partial charge in [-0.05, 0) is 36.4 Å². The van der Waals surface area contributed by atoms with Gasteiger partial charge in [-0.25, -0.2) is 4.98 Å². The standard InChI is InChI=1S/C15H22ClN3S/c1-7-10-8-11-12(17-14(16)18-13(11)20-10)19(6)9(2)15(3,4)5/h8-9H,7H2,1-6H3. The Bertz CT molecular complexity index is 615. The van der Waals surface area contributed by atoms with Gasteiger partial charge in [0, 0.05) is 18.0 Å². The van der Waals surface area contributed by atoms with E-state index in [9.17, 15) is 0 Å². The first-order chi connectivity index (χ1) is 9.24. The first-order valence-corrected chi connectivity index (χ1v) is 8.12. The normalized spacial score (nSPS) is 13.8. The van der Waals surface area contributed by atoms with Gasteiger partial charge in [0.1, 0.15) is 10.6 Å². The van der Waals surface area contributed by atoms with Gasteiger partial charge < -0.3 is 4.90 Å². The molecule has 0 aliphatic heterocycles. The van der Waals surface area contributed by atoms with E-state index >= 15 is 0 Å². The van der Waals surface area contributed by atoms with Crippen LogP contribution >= 0.6 is 22.9 Å². The second kappa shape index (κ2) is 5.49. The van der Waals surface area contributed by atoms with Crippen molar-refractivity contribution < 1.29 is 0 Å². The van der Waals surface area contributed by atoms with Crippen LogP contribution in [0.2, 0.25) is 5.28 Å². The van der Waals surface area contributed by atoms with E-state index in [-0.39, 0.29) is 5.41 Å². The highest BCUT2D eigenvalue weighted by atomic mass is 35.5. The fourth-order valence-electron chi connectivity index (χ4n) is 2.14. The number of nitrogens with zero attached hydrogens (tertiary/aromatic N) is 3. The number of halogens is 1. The third kappa shape index (κ3) is 2.91. The molecule has 110 valence electrons. The molecular formula is C15H22ClN3S. The van der Waals surface area contributed by atoms with Gasteiger partial charge in [0.25, 0.3) is 0 Å². The van der Waals surface area contributed by atoms with Gasteiger partial charge in [-0.1, -0.05) is 27.7 Å². The number of aryl methyl sites for hydroxylation is 1. The number of anilines is 1. The van der Waals surface area contributed by atoms with Crippen molar-refractivity contribution >= 4 is 39.0 Å². The average molecular weight is 312 g/mol. The zero-order chi connectivity index (χ0) is 15.1. The highest BCUT2D eigenvalue weighted by Gasteiger charge is 2.26. The van der Waals surface area contributed by atoms with Crippen LogP contribution in [-0.2, 0) is 6.42 Å². The average Bonchev–Trinajstić information content (AvgIpc) is 2.77. The molecule has 1 unspecified atom stereocenters. The Morgan fingerprint density at radius 1 is 1.35 bits per heavy atom. The Balaban J connectivity index is 2.55. The molecule has 2 rings (SSSR count). The van der Waals surface area contributed by atoms with Gasteiger partial charge in [-0.2, -0.15) is 4.98 Å². The zero-order valence-electron chi connectivity index (χ0n) is 13.0. The molecular weight excluding hydrogens is 290 g/mol. The van der Waals surface area contributed by atoms with Crippen LogP contribution in [0.15, 0.2) is 6.07 Å². The van der Waals surface area contributed by atoms with Crippen molar-refractivity contribution in [2.75, 3.05) is 11.9 Å². The van der Waals surface area contributed by atoms with E-state index in [1.807, 2.05) is 0 Å². The number of rotatable bonds is 3. The van der Waals surface area contributed by atoms with E-state index in [1.165, 1.54) is 4.88 Å². The van der Waals surface area contributed by atoms with E-state index in [2.05, 4.69) is 62.6 Å². The fraction of sp³-hybridized carbons (Fsp3) is 0.600. The summed E-state index contributed by atoms with van der Waals surface area (Å²) in [5, 5.41) is 1.43. The predicted octanol–water partition coefficient (Wildman–Crippen LogP) is 4.78. The quantitative estimate of drug-likeness (QED) is 0.764. The van der Waals surface area contributed by atoms with E-state index in [0.29, 0.717) is 11.3 Å². The van der Waals surface area contributed by atoms with Crippen LogP contribution in [0.25, 0.3) is 10.2 Å². The van der Waals surface area contributed by atoms with Crippen molar-refractivity contribution in [3.8, 4) is 0 Å². The van der Waals surface area contributed by atoms with Crippen molar-refractivity contribution in [1.29, 1.82) is 0 Å². The molecule has 0 radical (unpaired) electrons. The van der Waals surface area contributed by atoms with Crippen LogP contribution in [0.4, 0.5) is 5.82 Å². The Morgan fingerprint density at radius 3 is 2.55 bits per heavy atom. The van der Waals surface area contributed by atoms with E-state index in [4.69, 9.17) is 11.6 Å². The van der Waals surface area contributed by atoms with Gasteiger partial charge in [0.05, 0.1) is 5.39 Å². The lowest BCUT2D eigenvalue weighted by molar-refractivity contribution is 0.329. The number of aromatic nitrogens is 2. The summed E-state index contributed by atoms with van der Waals surface area (Å²) in [4.78, 5) is 13.3. The van der Waals surface area contributed by atoms with Crippen LogP contribution < -0.4 is 4.90 Å². The SMILES string of the molecule is CCc1cc2c(N(C)C(C)C(C)(C)C)nc(Cl)nc2s1. The van der Waals surface area contributed by atoms with Crippen LogP contribution in [0, 0.1) is 5.41 Å². The highest BCUT2D eigenvalue weighted by molar-refractivity contribution is 7.18. The fourth-order valence-corrected chi connectivity index (χ4v) is 3.31. The number of fused-ring (bicyclic) bond motifs is 1. The van der Waals surface area contributed by atoms with Gasteiger partial charge in [0.15, 0.2) is 0 Å². The molecule has 20 heavy (non-hydrogen) atoms. The molecule has 0 N–H and O–H groups in total. The van der Waals surface area contributed by atoms with E-state index in [1.54, 1.807) is 11.3 Å². The summed E-state index contributed by atoms with van der Waals surface area (Å²) in [5.74, 6) is 0.929. The molecule has 0 bridgehead atoms. The van der Waals surface area contributed by atoms with Crippen LogP contribution in [0.5, 0.6) is 0 Å². The minimum atomic E-state index is 0.169. The van der Waals surface area contributed by atoms with E-state index in [0.717, 1.165) is 22.5 Å². The summed E-state index contributed by atoms with van der Waals surface area (Å²) in [6, 6.07) is 2.54. The predicted molar refractivity (Wildman–Crippen MR) is 89.1 cm³/mol. The molecule has 0 saturated carbocycles. The number of hydrogen-bond acceptors (Lipinski definition) is 4. The molecule has 3 nitrogen and oxygen atoms in total. The van der Waals surface area contributed by atoms with Crippen molar-refractivity contribution in [3.05, 3.63) is 16.2 Å².